The minimum absolute atomic E-state index is 0.115. The van der Waals surface area contributed by atoms with Crippen LogP contribution in [0.1, 0.15) is 10.4 Å². The second-order valence-electron chi connectivity index (χ2n) is 3.69. The molecule has 0 radical (unpaired) electrons. The molecule has 94 valence electrons. The van der Waals surface area contributed by atoms with Crippen LogP contribution in [0.5, 0.6) is 11.5 Å². The standard InChI is InChI=1S/C12H18N2O3/c1-13-7-8-14(2)12(16)9-5-4-6-10(17-3)11(9)15/h4-6,13,15H,7-8H2,1-3H3. The summed E-state index contributed by atoms with van der Waals surface area (Å²) in [5, 5.41) is 12.8. The third-order valence-electron chi connectivity index (χ3n) is 2.49. The number of nitrogens with one attached hydrogen (secondary N) is 1. The summed E-state index contributed by atoms with van der Waals surface area (Å²) in [6.07, 6.45) is 0. The van der Waals surface area contributed by atoms with Gasteiger partial charge in [-0.15, -0.1) is 0 Å². The summed E-state index contributed by atoms with van der Waals surface area (Å²) in [5.74, 6) is -0.0363. The van der Waals surface area contributed by atoms with Gasteiger partial charge in [0.1, 0.15) is 0 Å². The topological polar surface area (TPSA) is 61.8 Å². The van der Waals surface area contributed by atoms with E-state index in [4.69, 9.17) is 4.74 Å². The maximum Gasteiger partial charge on any atom is 0.257 e. The van der Waals surface area contributed by atoms with E-state index in [1.807, 2.05) is 7.05 Å². The number of benzene rings is 1. The summed E-state index contributed by atoms with van der Waals surface area (Å²) in [5.41, 5.74) is 0.253. The highest BCUT2D eigenvalue weighted by molar-refractivity contribution is 5.97. The molecular formula is C12H18N2O3. The third kappa shape index (κ3) is 3.10. The molecule has 5 nitrogen and oxygen atoms in total. The number of likely N-dealkylation sites (N-methyl/N-ethyl adjacent to an activating group) is 2. The normalized spacial score (nSPS) is 10.1. The van der Waals surface area contributed by atoms with Gasteiger partial charge in [-0.3, -0.25) is 4.79 Å². The van der Waals surface area contributed by atoms with E-state index in [0.717, 1.165) is 0 Å². The van der Waals surface area contributed by atoms with Gasteiger partial charge in [-0.05, 0) is 19.2 Å². The smallest absolute Gasteiger partial charge is 0.257 e. The zero-order valence-corrected chi connectivity index (χ0v) is 10.4. The molecule has 0 spiro atoms. The van der Waals surface area contributed by atoms with Crippen LogP contribution in [-0.2, 0) is 0 Å². The molecule has 1 rings (SSSR count). The number of hydrogen-bond acceptors (Lipinski definition) is 4. The monoisotopic (exact) mass is 238 g/mol. The average Bonchev–Trinajstić information content (AvgIpc) is 2.35. The highest BCUT2D eigenvalue weighted by atomic mass is 16.5. The Hall–Kier alpha value is -1.75. The van der Waals surface area contributed by atoms with Crippen LogP contribution >= 0.6 is 0 Å². The van der Waals surface area contributed by atoms with E-state index >= 15 is 0 Å². The molecule has 0 aliphatic carbocycles. The number of methoxy groups -OCH3 is 1. The lowest BCUT2D eigenvalue weighted by Gasteiger charge is -2.18. The van der Waals surface area contributed by atoms with Gasteiger partial charge in [-0.25, -0.2) is 0 Å². The Morgan fingerprint density at radius 2 is 2.24 bits per heavy atom. The molecule has 0 saturated heterocycles. The lowest BCUT2D eigenvalue weighted by atomic mass is 10.1. The summed E-state index contributed by atoms with van der Waals surface area (Å²) in [7, 11) is 4.97. The molecular weight excluding hydrogens is 220 g/mol. The molecule has 1 aromatic carbocycles. The number of nitrogens with zero attached hydrogens (tertiary/aromatic N) is 1. The van der Waals surface area contributed by atoms with Crippen molar-refractivity contribution in [2.75, 3.05) is 34.3 Å². The van der Waals surface area contributed by atoms with E-state index in [9.17, 15) is 9.90 Å². The number of ether oxygens (including phenoxy) is 1. The molecule has 0 aliphatic rings. The van der Waals surface area contributed by atoms with E-state index < -0.39 is 0 Å². The molecule has 17 heavy (non-hydrogen) atoms. The molecule has 0 aliphatic heterocycles. The number of rotatable bonds is 5. The van der Waals surface area contributed by atoms with Gasteiger partial charge >= 0.3 is 0 Å². The first kappa shape index (κ1) is 13.3. The fraction of sp³-hybridized carbons (Fsp3) is 0.417. The fourth-order valence-electron chi connectivity index (χ4n) is 1.45. The van der Waals surface area contributed by atoms with Crippen LogP contribution in [0.2, 0.25) is 0 Å². The second-order valence-corrected chi connectivity index (χ2v) is 3.69. The third-order valence-corrected chi connectivity index (χ3v) is 2.49. The number of hydrogen-bond donors (Lipinski definition) is 2. The molecule has 0 bridgehead atoms. The van der Waals surface area contributed by atoms with Gasteiger partial charge in [0.2, 0.25) is 0 Å². The number of phenols is 1. The molecule has 0 saturated carbocycles. The van der Waals surface area contributed by atoms with Crippen LogP contribution in [0.4, 0.5) is 0 Å². The number of para-hydroxylation sites is 1. The van der Waals surface area contributed by atoms with E-state index in [-0.39, 0.29) is 17.2 Å². The maximum absolute atomic E-state index is 12.0. The Morgan fingerprint density at radius 1 is 1.53 bits per heavy atom. The second kappa shape index (κ2) is 6.10. The van der Waals surface area contributed by atoms with Gasteiger partial charge in [0, 0.05) is 20.1 Å². The Balaban J connectivity index is 2.88. The Morgan fingerprint density at radius 3 is 2.82 bits per heavy atom. The van der Waals surface area contributed by atoms with Crippen molar-refractivity contribution in [2.45, 2.75) is 0 Å². The van der Waals surface area contributed by atoms with Crippen LogP contribution in [0.3, 0.4) is 0 Å². The molecule has 1 amide bonds. The van der Waals surface area contributed by atoms with Gasteiger partial charge in [0.25, 0.3) is 5.91 Å². The first-order valence-electron chi connectivity index (χ1n) is 5.37. The van der Waals surface area contributed by atoms with E-state index in [2.05, 4.69) is 5.32 Å². The van der Waals surface area contributed by atoms with Gasteiger partial charge in [0.05, 0.1) is 12.7 Å². The molecule has 0 atom stereocenters. The zero-order chi connectivity index (χ0) is 12.8. The predicted molar refractivity (Wildman–Crippen MR) is 65.5 cm³/mol. The van der Waals surface area contributed by atoms with Crippen LogP contribution in [0, 0.1) is 0 Å². The van der Waals surface area contributed by atoms with Crippen molar-refractivity contribution in [3.05, 3.63) is 23.8 Å². The Bertz CT molecular complexity index is 393. The molecule has 2 N–H and O–H groups in total. The number of phenolic OH excluding ortho intramolecular Hbond substituents is 1. The fourth-order valence-corrected chi connectivity index (χ4v) is 1.45. The summed E-state index contributed by atoms with van der Waals surface area (Å²) < 4.78 is 4.96. The molecule has 0 heterocycles. The molecule has 0 fully saturated rings. The van der Waals surface area contributed by atoms with Crippen molar-refractivity contribution < 1.29 is 14.6 Å². The maximum atomic E-state index is 12.0. The van der Waals surface area contributed by atoms with Crippen molar-refractivity contribution in [3.8, 4) is 11.5 Å². The van der Waals surface area contributed by atoms with E-state index in [1.54, 1.807) is 30.1 Å². The Kier molecular flexibility index (Phi) is 4.78. The predicted octanol–water partition coefficient (Wildman–Crippen LogP) is 0.692. The van der Waals surface area contributed by atoms with Crippen LogP contribution in [-0.4, -0.2) is 50.2 Å². The highest BCUT2D eigenvalue weighted by Gasteiger charge is 2.17. The summed E-state index contributed by atoms with van der Waals surface area (Å²) in [6, 6.07) is 4.87. The van der Waals surface area contributed by atoms with Crippen LogP contribution < -0.4 is 10.1 Å². The van der Waals surface area contributed by atoms with Gasteiger partial charge < -0.3 is 20.1 Å². The number of amides is 1. The number of carbonyl (C=O) groups excluding carboxylic acids is 1. The van der Waals surface area contributed by atoms with E-state index in [0.29, 0.717) is 18.8 Å². The van der Waals surface area contributed by atoms with Crippen molar-refractivity contribution >= 4 is 5.91 Å². The van der Waals surface area contributed by atoms with E-state index in [1.165, 1.54) is 7.11 Å². The first-order chi connectivity index (χ1) is 8.11. The van der Waals surface area contributed by atoms with Crippen molar-refractivity contribution in [3.63, 3.8) is 0 Å². The van der Waals surface area contributed by atoms with Gasteiger partial charge in [-0.1, -0.05) is 6.07 Å². The SMILES string of the molecule is CNCCN(C)C(=O)c1cccc(OC)c1O. The largest absolute Gasteiger partial charge is 0.504 e. The van der Waals surface area contributed by atoms with Crippen molar-refractivity contribution in [1.29, 1.82) is 0 Å². The summed E-state index contributed by atoms with van der Waals surface area (Å²) in [4.78, 5) is 13.6. The first-order valence-corrected chi connectivity index (χ1v) is 5.37. The van der Waals surface area contributed by atoms with Gasteiger partial charge in [-0.2, -0.15) is 0 Å². The summed E-state index contributed by atoms with van der Waals surface area (Å²) >= 11 is 0. The molecule has 1 aromatic rings. The van der Waals surface area contributed by atoms with Gasteiger partial charge in [0.15, 0.2) is 11.5 Å². The molecule has 0 unspecified atom stereocenters. The summed E-state index contributed by atoms with van der Waals surface area (Å²) in [6.45, 7) is 1.28. The molecule has 5 heteroatoms. The Labute approximate surface area is 101 Å². The number of aromatic hydroxyl groups is 1. The molecule has 0 aromatic heterocycles. The van der Waals surface area contributed by atoms with Crippen molar-refractivity contribution in [2.24, 2.45) is 0 Å². The highest BCUT2D eigenvalue weighted by Crippen LogP contribution is 2.29. The average molecular weight is 238 g/mol. The lowest BCUT2D eigenvalue weighted by Crippen LogP contribution is -2.32. The van der Waals surface area contributed by atoms with Crippen LogP contribution in [0.25, 0.3) is 0 Å². The quantitative estimate of drug-likeness (QED) is 0.792. The minimum atomic E-state index is -0.225. The number of carbonyl (C=O) groups is 1. The van der Waals surface area contributed by atoms with Crippen LogP contribution in [0.15, 0.2) is 18.2 Å². The minimum Gasteiger partial charge on any atom is -0.504 e. The van der Waals surface area contributed by atoms with Crippen molar-refractivity contribution in [1.82, 2.24) is 10.2 Å². The zero-order valence-electron chi connectivity index (χ0n) is 10.4. The lowest BCUT2D eigenvalue weighted by molar-refractivity contribution is 0.0793.